The summed E-state index contributed by atoms with van der Waals surface area (Å²) in [5, 5.41) is 0.557. The van der Waals surface area contributed by atoms with Gasteiger partial charge >= 0.3 is 0 Å². The quantitative estimate of drug-likeness (QED) is 0.292. The molecule has 0 aliphatic rings. The molecule has 1 heterocycles. The molecule has 5 nitrogen and oxygen atoms in total. The van der Waals surface area contributed by atoms with E-state index in [0.717, 1.165) is 3.57 Å². The second kappa shape index (κ2) is 5.63. The van der Waals surface area contributed by atoms with Gasteiger partial charge < -0.3 is 4.42 Å². The third-order valence-corrected chi connectivity index (χ3v) is 3.94. The van der Waals surface area contributed by atoms with Crippen molar-refractivity contribution in [3.05, 3.63) is 50.6 Å². The highest BCUT2D eigenvalue weighted by atomic mass is 127. The van der Waals surface area contributed by atoms with Gasteiger partial charge in [-0.1, -0.05) is 11.6 Å². The largest absolute Gasteiger partial charge is 0.436 e. The molecule has 106 valence electrons. The molecule has 0 aliphatic heterocycles. The van der Waals surface area contributed by atoms with Gasteiger partial charge in [-0.2, -0.15) is 0 Å². The van der Waals surface area contributed by atoms with E-state index in [2.05, 4.69) is 33.0 Å². The Morgan fingerprint density at radius 3 is 2.86 bits per heavy atom. The number of hydrogen-bond acceptors (Lipinski definition) is 4. The summed E-state index contributed by atoms with van der Waals surface area (Å²) in [5.41, 5.74) is 4.36. The number of hydrogen-bond donors (Lipinski definition) is 2. The number of nitrogen functional groups attached to an aromatic ring is 1. The highest BCUT2D eigenvalue weighted by Crippen LogP contribution is 2.31. The second-order valence-corrected chi connectivity index (χ2v) is 5.95. The minimum Gasteiger partial charge on any atom is -0.436 e. The molecule has 2 aromatic carbocycles. The third kappa shape index (κ3) is 2.74. The number of fused-ring (bicyclic) bond motifs is 1. The van der Waals surface area contributed by atoms with E-state index in [1.807, 2.05) is 12.1 Å². The van der Waals surface area contributed by atoms with Crippen molar-refractivity contribution in [1.29, 1.82) is 0 Å². The molecule has 0 aliphatic carbocycles. The molecule has 0 bridgehead atoms. The average Bonchev–Trinajstić information content (AvgIpc) is 2.91. The van der Waals surface area contributed by atoms with Crippen LogP contribution in [0.15, 0.2) is 40.8 Å². The molecule has 0 saturated carbocycles. The Balaban J connectivity index is 2.13. The van der Waals surface area contributed by atoms with Gasteiger partial charge in [0.25, 0.3) is 5.91 Å². The predicted octanol–water partition coefficient (Wildman–Crippen LogP) is 3.36. The molecule has 3 aromatic rings. The number of nitrogens with zero attached hydrogens (tertiary/aromatic N) is 1. The number of nitrogens with two attached hydrogens (primary N) is 1. The van der Waals surface area contributed by atoms with Gasteiger partial charge in [0.1, 0.15) is 5.52 Å². The minimum absolute atomic E-state index is 0.381. The summed E-state index contributed by atoms with van der Waals surface area (Å²) in [6.07, 6.45) is 0. The number of benzene rings is 2. The van der Waals surface area contributed by atoms with Crippen LogP contribution in [0.2, 0.25) is 5.02 Å². The zero-order chi connectivity index (χ0) is 15.0. The van der Waals surface area contributed by atoms with Crippen molar-refractivity contribution < 1.29 is 9.21 Å². The van der Waals surface area contributed by atoms with Crippen molar-refractivity contribution in [2.45, 2.75) is 0 Å². The van der Waals surface area contributed by atoms with Crippen LogP contribution in [0, 0.1) is 3.57 Å². The summed E-state index contributed by atoms with van der Waals surface area (Å²) < 4.78 is 6.72. The van der Waals surface area contributed by atoms with E-state index in [1.165, 1.54) is 0 Å². The number of rotatable bonds is 2. The third-order valence-electron chi connectivity index (χ3n) is 2.94. The molecule has 1 aromatic heterocycles. The van der Waals surface area contributed by atoms with E-state index in [0.29, 0.717) is 33.1 Å². The molecule has 0 unspecified atom stereocenters. The number of aromatic nitrogens is 1. The summed E-state index contributed by atoms with van der Waals surface area (Å²) in [6, 6.07) is 10.5. The molecule has 7 heteroatoms. The van der Waals surface area contributed by atoms with Crippen LogP contribution in [0.5, 0.6) is 0 Å². The lowest BCUT2D eigenvalue weighted by molar-refractivity contribution is 0.0954. The first kappa shape index (κ1) is 14.3. The molecule has 0 atom stereocenters. The number of hydrazine groups is 1. The highest BCUT2D eigenvalue weighted by Gasteiger charge is 2.13. The van der Waals surface area contributed by atoms with Gasteiger partial charge in [-0.05, 0) is 59.0 Å². The Hall–Kier alpha value is -1.64. The van der Waals surface area contributed by atoms with Crippen LogP contribution in [0.4, 0.5) is 0 Å². The van der Waals surface area contributed by atoms with E-state index in [1.54, 1.807) is 24.3 Å². The number of carbonyl (C=O) groups excluding carboxylic acids is 1. The lowest BCUT2D eigenvalue weighted by Gasteiger charge is -1.99. The van der Waals surface area contributed by atoms with Gasteiger partial charge in [-0.25, -0.2) is 10.8 Å². The van der Waals surface area contributed by atoms with E-state index in [4.69, 9.17) is 21.9 Å². The topological polar surface area (TPSA) is 81.1 Å². The van der Waals surface area contributed by atoms with E-state index in [9.17, 15) is 4.79 Å². The van der Waals surface area contributed by atoms with Gasteiger partial charge in [0.15, 0.2) is 5.58 Å². The summed E-state index contributed by atoms with van der Waals surface area (Å²) in [4.78, 5) is 15.9. The molecule has 0 fully saturated rings. The molecular formula is C14H9ClIN3O2. The van der Waals surface area contributed by atoms with Crippen molar-refractivity contribution in [2.24, 2.45) is 5.84 Å². The Morgan fingerprint density at radius 1 is 1.29 bits per heavy atom. The van der Waals surface area contributed by atoms with Gasteiger partial charge in [-0.3, -0.25) is 10.2 Å². The van der Waals surface area contributed by atoms with Gasteiger partial charge in [0.2, 0.25) is 5.89 Å². The highest BCUT2D eigenvalue weighted by molar-refractivity contribution is 14.1. The first-order valence-electron chi connectivity index (χ1n) is 5.95. The predicted molar refractivity (Wildman–Crippen MR) is 88.8 cm³/mol. The normalized spacial score (nSPS) is 10.8. The average molecular weight is 414 g/mol. The molecule has 21 heavy (non-hydrogen) atoms. The lowest BCUT2D eigenvalue weighted by atomic mass is 10.2. The van der Waals surface area contributed by atoms with Crippen LogP contribution in [0.1, 0.15) is 10.4 Å². The number of nitrogens with one attached hydrogen (secondary N) is 1. The van der Waals surface area contributed by atoms with Crippen LogP contribution in [-0.2, 0) is 0 Å². The van der Waals surface area contributed by atoms with Crippen LogP contribution >= 0.6 is 34.2 Å². The molecule has 0 spiro atoms. The van der Waals surface area contributed by atoms with E-state index >= 15 is 0 Å². The second-order valence-electron chi connectivity index (χ2n) is 4.30. The van der Waals surface area contributed by atoms with Crippen LogP contribution in [0.25, 0.3) is 22.6 Å². The van der Waals surface area contributed by atoms with Crippen molar-refractivity contribution in [1.82, 2.24) is 10.4 Å². The number of carbonyl (C=O) groups is 1. The Labute approximate surface area is 138 Å². The first-order chi connectivity index (χ1) is 10.1. The SMILES string of the molecule is NNC(=O)c1ccc2oc(-c3cc(I)ccc3Cl)nc2c1. The molecule has 0 saturated heterocycles. The van der Waals surface area contributed by atoms with E-state index < -0.39 is 0 Å². The summed E-state index contributed by atoms with van der Waals surface area (Å²) in [6.45, 7) is 0. The maximum absolute atomic E-state index is 11.5. The minimum atomic E-state index is -0.381. The maximum atomic E-state index is 11.5. The number of halogens is 2. The van der Waals surface area contributed by atoms with Gasteiger partial charge in [0, 0.05) is 9.13 Å². The Morgan fingerprint density at radius 2 is 2.10 bits per heavy atom. The smallest absolute Gasteiger partial charge is 0.265 e. The zero-order valence-corrected chi connectivity index (χ0v) is 13.5. The Kier molecular flexibility index (Phi) is 3.83. The summed E-state index contributed by atoms with van der Waals surface area (Å²) in [7, 11) is 0. The fraction of sp³-hybridized carbons (Fsp3) is 0. The maximum Gasteiger partial charge on any atom is 0.265 e. The zero-order valence-electron chi connectivity index (χ0n) is 10.6. The van der Waals surface area contributed by atoms with Crippen molar-refractivity contribution >= 4 is 51.2 Å². The van der Waals surface area contributed by atoms with Crippen molar-refractivity contribution in [3.63, 3.8) is 0 Å². The van der Waals surface area contributed by atoms with Crippen LogP contribution in [0.3, 0.4) is 0 Å². The fourth-order valence-corrected chi connectivity index (χ4v) is 2.62. The van der Waals surface area contributed by atoms with Crippen LogP contribution < -0.4 is 11.3 Å². The summed E-state index contributed by atoms with van der Waals surface area (Å²) >= 11 is 8.37. The van der Waals surface area contributed by atoms with E-state index in [-0.39, 0.29) is 5.91 Å². The first-order valence-corrected chi connectivity index (χ1v) is 7.41. The monoisotopic (exact) mass is 413 g/mol. The molecular weight excluding hydrogens is 405 g/mol. The molecule has 0 radical (unpaired) electrons. The molecule has 1 amide bonds. The number of oxazole rings is 1. The fourth-order valence-electron chi connectivity index (χ4n) is 1.93. The van der Waals surface area contributed by atoms with Gasteiger partial charge in [-0.15, -0.1) is 0 Å². The number of amides is 1. The standard InChI is InChI=1S/C14H9ClIN3O2/c15-10-3-2-8(16)6-9(10)14-18-11-5-7(13(20)19-17)1-4-12(11)21-14/h1-6H,17H2,(H,19,20). The van der Waals surface area contributed by atoms with Crippen molar-refractivity contribution in [2.75, 3.05) is 0 Å². The van der Waals surface area contributed by atoms with Crippen molar-refractivity contribution in [3.8, 4) is 11.5 Å². The summed E-state index contributed by atoms with van der Waals surface area (Å²) in [5.74, 6) is 5.15. The Bertz CT molecular complexity index is 847. The molecule has 3 N–H and O–H groups in total. The lowest BCUT2D eigenvalue weighted by Crippen LogP contribution is -2.29. The molecule has 3 rings (SSSR count). The van der Waals surface area contributed by atoms with Gasteiger partial charge in [0.05, 0.1) is 10.6 Å². The van der Waals surface area contributed by atoms with Crippen LogP contribution in [-0.4, -0.2) is 10.9 Å².